The van der Waals surface area contributed by atoms with Crippen molar-refractivity contribution < 1.29 is 8.42 Å². The topological polar surface area (TPSA) is 50.3 Å². The maximum atomic E-state index is 12.5. The third-order valence-corrected chi connectivity index (χ3v) is 6.32. The van der Waals surface area contributed by atoms with E-state index in [1.165, 1.54) is 11.4 Å². The lowest BCUT2D eigenvalue weighted by Gasteiger charge is -2.19. The smallest absolute Gasteiger partial charge is 0.269 e. The van der Waals surface area contributed by atoms with Crippen molar-refractivity contribution in [2.75, 3.05) is 11.4 Å². The SMILES string of the molecule is Cc1cccc(N(C)S(=O)(=O)c2sc(Cl)nc2C)c1. The third kappa shape index (κ3) is 2.75. The Morgan fingerprint density at radius 1 is 1.32 bits per heavy atom. The molecule has 0 spiro atoms. The molecule has 0 bridgehead atoms. The van der Waals surface area contributed by atoms with Crippen LogP contribution in [0, 0.1) is 13.8 Å². The number of halogens is 1. The molecule has 0 unspecified atom stereocenters. The number of rotatable bonds is 3. The highest BCUT2D eigenvalue weighted by Crippen LogP contribution is 2.31. The van der Waals surface area contributed by atoms with E-state index in [4.69, 9.17) is 11.6 Å². The minimum Gasteiger partial charge on any atom is -0.269 e. The van der Waals surface area contributed by atoms with Crippen molar-refractivity contribution in [2.45, 2.75) is 18.1 Å². The van der Waals surface area contributed by atoms with Gasteiger partial charge < -0.3 is 0 Å². The molecule has 0 saturated heterocycles. The average molecular weight is 317 g/mol. The highest BCUT2D eigenvalue weighted by Gasteiger charge is 2.26. The second-order valence-corrected chi connectivity index (χ2v) is 7.90. The van der Waals surface area contributed by atoms with Gasteiger partial charge in [-0.25, -0.2) is 13.4 Å². The van der Waals surface area contributed by atoms with Crippen LogP contribution in [0.25, 0.3) is 0 Å². The fraction of sp³-hybridized carbons (Fsp3) is 0.250. The molecular formula is C12H13ClN2O2S2. The molecule has 2 rings (SSSR count). The van der Waals surface area contributed by atoms with Gasteiger partial charge in [-0.05, 0) is 31.5 Å². The maximum absolute atomic E-state index is 12.5. The zero-order valence-corrected chi connectivity index (χ0v) is 13.1. The van der Waals surface area contributed by atoms with Gasteiger partial charge in [0.25, 0.3) is 10.0 Å². The molecule has 1 aromatic carbocycles. The van der Waals surface area contributed by atoms with Crippen LogP contribution in [0.3, 0.4) is 0 Å². The minimum atomic E-state index is -3.61. The molecule has 0 aliphatic carbocycles. The lowest BCUT2D eigenvalue weighted by molar-refractivity contribution is 0.595. The first-order chi connectivity index (χ1) is 8.82. The van der Waals surface area contributed by atoms with E-state index in [9.17, 15) is 8.42 Å². The zero-order valence-electron chi connectivity index (χ0n) is 10.7. The van der Waals surface area contributed by atoms with Crippen molar-refractivity contribution in [1.29, 1.82) is 0 Å². The molecule has 4 nitrogen and oxygen atoms in total. The molecular weight excluding hydrogens is 304 g/mol. The van der Waals surface area contributed by atoms with Crippen LogP contribution in [0.5, 0.6) is 0 Å². The third-order valence-electron chi connectivity index (χ3n) is 2.69. The van der Waals surface area contributed by atoms with Gasteiger partial charge in [0, 0.05) is 7.05 Å². The predicted octanol–water partition coefficient (Wildman–Crippen LogP) is 3.24. The van der Waals surface area contributed by atoms with Crippen molar-refractivity contribution >= 4 is 38.6 Å². The van der Waals surface area contributed by atoms with Gasteiger partial charge in [-0.3, -0.25) is 4.31 Å². The molecule has 1 heterocycles. The molecule has 0 fully saturated rings. The lowest BCUT2D eigenvalue weighted by Crippen LogP contribution is -2.26. The standard InChI is InChI=1S/C12H13ClN2O2S2/c1-8-5-4-6-10(7-8)15(3)19(16,17)11-9(2)14-12(13)18-11/h4-7H,1-3H3. The van der Waals surface area contributed by atoms with E-state index < -0.39 is 10.0 Å². The number of thiazole rings is 1. The Balaban J connectivity index is 2.48. The normalized spacial score (nSPS) is 11.6. The van der Waals surface area contributed by atoms with E-state index in [1.807, 2.05) is 25.1 Å². The molecule has 102 valence electrons. The van der Waals surface area contributed by atoms with Gasteiger partial charge in [0.15, 0.2) is 8.68 Å². The van der Waals surface area contributed by atoms with E-state index >= 15 is 0 Å². The fourth-order valence-electron chi connectivity index (χ4n) is 1.68. The van der Waals surface area contributed by atoms with Crippen molar-refractivity contribution in [1.82, 2.24) is 4.98 Å². The van der Waals surface area contributed by atoms with Gasteiger partial charge in [0.2, 0.25) is 0 Å². The Labute approximate surface area is 121 Å². The van der Waals surface area contributed by atoms with Crippen molar-refractivity contribution in [2.24, 2.45) is 0 Å². The number of hydrogen-bond donors (Lipinski definition) is 0. The summed E-state index contributed by atoms with van der Waals surface area (Å²) in [7, 11) is -2.09. The first-order valence-corrected chi connectivity index (χ1v) is 8.14. The summed E-state index contributed by atoms with van der Waals surface area (Å²) in [5.74, 6) is 0. The quantitative estimate of drug-likeness (QED) is 0.873. The van der Waals surface area contributed by atoms with Crippen LogP contribution in [0.1, 0.15) is 11.3 Å². The zero-order chi connectivity index (χ0) is 14.2. The van der Waals surface area contributed by atoms with Crippen molar-refractivity contribution in [3.63, 3.8) is 0 Å². The first-order valence-electron chi connectivity index (χ1n) is 5.51. The highest BCUT2D eigenvalue weighted by molar-refractivity contribution is 7.94. The maximum Gasteiger partial charge on any atom is 0.275 e. The van der Waals surface area contributed by atoms with Crippen LogP contribution < -0.4 is 4.31 Å². The van der Waals surface area contributed by atoms with E-state index in [1.54, 1.807) is 13.0 Å². The van der Waals surface area contributed by atoms with E-state index in [0.29, 0.717) is 11.4 Å². The predicted molar refractivity (Wildman–Crippen MR) is 78.6 cm³/mol. The second kappa shape index (κ2) is 5.11. The van der Waals surface area contributed by atoms with Crippen LogP contribution in [0.15, 0.2) is 28.5 Å². The van der Waals surface area contributed by atoms with Gasteiger partial charge >= 0.3 is 0 Å². The van der Waals surface area contributed by atoms with E-state index in [-0.39, 0.29) is 8.68 Å². The summed E-state index contributed by atoms with van der Waals surface area (Å²) in [4.78, 5) is 3.95. The molecule has 0 aliphatic rings. The summed E-state index contributed by atoms with van der Waals surface area (Å²) >= 11 is 6.75. The van der Waals surface area contributed by atoms with Crippen LogP contribution in [-0.4, -0.2) is 20.4 Å². The molecule has 1 aromatic heterocycles. The second-order valence-electron chi connectivity index (χ2n) is 4.15. The van der Waals surface area contributed by atoms with Crippen molar-refractivity contribution in [3.8, 4) is 0 Å². The highest BCUT2D eigenvalue weighted by atomic mass is 35.5. The molecule has 0 atom stereocenters. The Morgan fingerprint density at radius 3 is 2.53 bits per heavy atom. The number of anilines is 1. The Kier molecular flexibility index (Phi) is 3.85. The van der Waals surface area contributed by atoms with Crippen LogP contribution in [-0.2, 0) is 10.0 Å². The summed E-state index contributed by atoms with van der Waals surface area (Å²) in [6, 6.07) is 7.31. The van der Waals surface area contributed by atoms with E-state index in [0.717, 1.165) is 16.9 Å². The molecule has 0 amide bonds. The molecule has 2 aromatic rings. The summed E-state index contributed by atoms with van der Waals surface area (Å²) in [5.41, 5.74) is 2.04. The van der Waals surface area contributed by atoms with Crippen LogP contribution in [0.2, 0.25) is 4.47 Å². The molecule has 19 heavy (non-hydrogen) atoms. The average Bonchev–Trinajstić information content (AvgIpc) is 2.68. The Morgan fingerprint density at radius 2 is 2.00 bits per heavy atom. The number of hydrogen-bond acceptors (Lipinski definition) is 4. The summed E-state index contributed by atoms with van der Waals surface area (Å²) in [6.45, 7) is 3.55. The molecule has 0 radical (unpaired) electrons. The summed E-state index contributed by atoms with van der Waals surface area (Å²) in [6.07, 6.45) is 0. The van der Waals surface area contributed by atoms with E-state index in [2.05, 4.69) is 4.98 Å². The monoisotopic (exact) mass is 316 g/mol. The summed E-state index contributed by atoms with van der Waals surface area (Å²) < 4.78 is 26.7. The minimum absolute atomic E-state index is 0.182. The number of benzene rings is 1. The molecule has 0 N–H and O–H groups in total. The molecule has 0 aliphatic heterocycles. The Hall–Kier alpha value is -1.11. The van der Waals surface area contributed by atoms with Gasteiger partial charge in [-0.1, -0.05) is 35.1 Å². The molecule has 0 saturated carbocycles. The van der Waals surface area contributed by atoms with Crippen molar-refractivity contribution in [3.05, 3.63) is 40.0 Å². The van der Waals surface area contributed by atoms with Gasteiger partial charge in [0.05, 0.1) is 11.4 Å². The van der Waals surface area contributed by atoms with Crippen LogP contribution in [0.4, 0.5) is 5.69 Å². The number of sulfonamides is 1. The summed E-state index contributed by atoms with van der Waals surface area (Å²) in [5, 5.41) is 0. The van der Waals surface area contributed by atoms with Gasteiger partial charge in [0.1, 0.15) is 0 Å². The number of aryl methyl sites for hydroxylation is 2. The molecule has 7 heteroatoms. The Bertz CT molecular complexity index is 710. The van der Waals surface area contributed by atoms with Gasteiger partial charge in [-0.15, -0.1) is 0 Å². The van der Waals surface area contributed by atoms with Crippen LogP contribution >= 0.6 is 22.9 Å². The lowest BCUT2D eigenvalue weighted by atomic mass is 10.2. The number of nitrogens with zero attached hydrogens (tertiary/aromatic N) is 2. The fourth-order valence-corrected chi connectivity index (χ4v) is 4.75. The largest absolute Gasteiger partial charge is 0.275 e. The first kappa shape index (κ1) is 14.3. The van der Waals surface area contributed by atoms with Gasteiger partial charge in [-0.2, -0.15) is 0 Å². The number of aromatic nitrogens is 1.